The van der Waals surface area contributed by atoms with Gasteiger partial charge in [0, 0.05) is 6.04 Å². The number of rotatable bonds is 4. The molecule has 0 spiro atoms. The van der Waals surface area contributed by atoms with Crippen molar-refractivity contribution in [3.05, 3.63) is 23.8 Å². The molecule has 0 saturated heterocycles. The normalized spacial score (nSPS) is 16.5. The molecule has 0 aliphatic carbocycles. The molecule has 0 fully saturated rings. The fourth-order valence-electron chi connectivity index (χ4n) is 2.79. The molecule has 0 saturated carbocycles. The molecule has 1 heterocycles. The SMILES string of the molecule is CN(C)C(c1ccc2c(c1)OCCO2)C(C)(C)CN. The molecule has 0 bridgehead atoms. The Morgan fingerprint density at radius 3 is 2.42 bits per heavy atom. The predicted molar refractivity (Wildman–Crippen MR) is 76.7 cm³/mol. The Hall–Kier alpha value is -1.26. The minimum Gasteiger partial charge on any atom is -0.486 e. The molecule has 4 nitrogen and oxygen atoms in total. The average molecular weight is 264 g/mol. The summed E-state index contributed by atoms with van der Waals surface area (Å²) >= 11 is 0. The topological polar surface area (TPSA) is 47.7 Å². The zero-order valence-corrected chi connectivity index (χ0v) is 12.3. The van der Waals surface area contributed by atoms with Crippen LogP contribution in [0, 0.1) is 5.41 Å². The number of ether oxygens (including phenoxy) is 2. The van der Waals surface area contributed by atoms with Crippen LogP contribution in [-0.2, 0) is 0 Å². The molecule has 4 heteroatoms. The molecule has 2 N–H and O–H groups in total. The van der Waals surface area contributed by atoms with Crippen LogP contribution in [0.3, 0.4) is 0 Å². The van der Waals surface area contributed by atoms with Gasteiger partial charge in [0.2, 0.25) is 0 Å². The highest BCUT2D eigenvalue weighted by atomic mass is 16.6. The van der Waals surface area contributed by atoms with Crippen molar-refractivity contribution in [3.8, 4) is 11.5 Å². The van der Waals surface area contributed by atoms with Gasteiger partial charge in [0.25, 0.3) is 0 Å². The Morgan fingerprint density at radius 2 is 1.84 bits per heavy atom. The number of fused-ring (bicyclic) bond motifs is 1. The van der Waals surface area contributed by atoms with E-state index in [0.717, 1.165) is 11.5 Å². The summed E-state index contributed by atoms with van der Waals surface area (Å²) in [7, 11) is 4.16. The quantitative estimate of drug-likeness (QED) is 0.904. The van der Waals surface area contributed by atoms with Gasteiger partial charge in [-0.05, 0) is 43.8 Å². The average Bonchev–Trinajstić information content (AvgIpc) is 2.38. The van der Waals surface area contributed by atoms with E-state index in [2.05, 4.69) is 45.0 Å². The Morgan fingerprint density at radius 1 is 1.21 bits per heavy atom. The van der Waals surface area contributed by atoms with Crippen LogP contribution in [0.4, 0.5) is 0 Å². The first-order chi connectivity index (χ1) is 8.95. The Labute approximate surface area is 115 Å². The van der Waals surface area contributed by atoms with Gasteiger partial charge in [-0.25, -0.2) is 0 Å². The van der Waals surface area contributed by atoms with Gasteiger partial charge in [0.05, 0.1) is 0 Å². The molecule has 0 radical (unpaired) electrons. The molecule has 1 aliphatic heterocycles. The van der Waals surface area contributed by atoms with Crippen molar-refractivity contribution in [1.29, 1.82) is 0 Å². The molecule has 0 amide bonds. The second-order valence-corrected chi connectivity index (χ2v) is 5.96. The van der Waals surface area contributed by atoms with Gasteiger partial charge >= 0.3 is 0 Å². The summed E-state index contributed by atoms with van der Waals surface area (Å²) in [5, 5.41) is 0. The zero-order valence-electron chi connectivity index (χ0n) is 12.3. The molecule has 2 rings (SSSR count). The third kappa shape index (κ3) is 2.85. The molecule has 19 heavy (non-hydrogen) atoms. The minimum atomic E-state index is -0.00669. The van der Waals surface area contributed by atoms with E-state index in [-0.39, 0.29) is 11.5 Å². The molecular weight excluding hydrogens is 240 g/mol. The van der Waals surface area contributed by atoms with E-state index in [1.165, 1.54) is 5.56 Å². The molecular formula is C15H24N2O2. The van der Waals surface area contributed by atoms with E-state index in [1.54, 1.807) is 0 Å². The van der Waals surface area contributed by atoms with Gasteiger partial charge in [-0.3, -0.25) is 0 Å². The third-order valence-corrected chi connectivity index (χ3v) is 3.66. The number of hydrogen-bond acceptors (Lipinski definition) is 4. The Balaban J connectivity index is 2.37. The van der Waals surface area contributed by atoms with E-state index >= 15 is 0 Å². The van der Waals surface area contributed by atoms with Crippen molar-refractivity contribution in [2.75, 3.05) is 33.9 Å². The summed E-state index contributed by atoms with van der Waals surface area (Å²) in [4.78, 5) is 2.21. The molecule has 106 valence electrons. The number of nitrogens with two attached hydrogens (primary N) is 1. The lowest BCUT2D eigenvalue weighted by Crippen LogP contribution is -2.38. The first kappa shape index (κ1) is 14.2. The van der Waals surface area contributed by atoms with E-state index in [9.17, 15) is 0 Å². The van der Waals surface area contributed by atoms with Crippen LogP contribution in [0.1, 0.15) is 25.5 Å². The predicted octanol–water partition coefficient (Wildman–Crippen LogP) is 2.05. The maximum atomic E-state index is 5.94. The molecule has 1 atom stereocenters. The summed E-state index contributed by atoms with van der Waals surface area (Å²) in [6.07, 6.45) is 0. The molecule has 1 aromatic rings. The lowest BCUT2D eigenvalue weighted by Gasteiger charge is -2.38. The third-order valence-electron chi connectivity index (χ3n) is 3.66. The van der Waals surface area contributed by atoms with Crippen molar-refractivity contribution in [1.82, 2.24) is 4.90 Å². The summed E-state index contributed by atoms with van der Waals surface area (Å²) < 4.78 is 11.2. The first-order valence-electron chi connectivity index (χ1n) is 6.72. The Kier molecular flexibility index (Phi) is 4.02. The van der Waals surface area contributed by atoms with Gasteiger partial charge in [-0.2, -0.15) is 0 Å². The van der Waals surface area contributed by atoms with E-state index in [0.29, 0.717) is 19.8 Å². The number of hydrogen-bond donors (Lipinski definition) is 1. The number of nitrogens with zero attached hydrogens (tertiary/aromatic N) is 1. The van der Waals surface area contributed by atoms with E-state index in [4.69, 9.17) is 15.2 Å². The minimum absolute atomic E-state index is 0.00669. The van der Waals surface area contributed by atoms with Gasteiger partial charge in [0.1, 0.15) is 13.2 Å². The van der Waals surface area contributed by atoms with Gasteiger partial charge < -0.3 is 20.1 Å². The fourth-order valence-corrected chi connectivity index (χ4v) is 2.79. The molecule has 1 aromatic carbocycles. The smallest absolute Gasteiger partial charge is 0.161 e. The highest BCUT2D eigenvalue weighted by Crippen LogP contribution is 2.40. The van der Waals surface area contributed by atoms with Crippen LogP contribution < -0.4 is 15.2 Å². The highest BCUT2D eigenvalue weighted by molar-refractivity contribution is 5.45. The highest BCUT2D eigenvalue weighted by Gasteiger charge is 2.32. The van der Waals surface area contributed by atoms with Gasteiger partial charge in [-0.1, -0.05) is 19.9 Å². The van der Waals surface area contributed by atoms with Crippen LogP contribution in [0.25, 0.3) is 0 Å². The Bertz CT molecular complexity index is 444. The van der Waals surface area contributed by atoms with Crippen molar-refractivity contribution >= 4 is 0 Å². The van der Waals surface area contributed by atoms with E-state index < -0.39 is 0 Å². The monoisotopic (exact) mass is 264 g/mol. The van der Waals surface area contributed by atoms with Crippen LogP contribution in [0.5, 0.6) is 11.5 Å². The molecule has 1 unspecified atom stereocenters. The first-order valence-corrected chi connectivity index (χ1v) is 6.72. The lowest BCUT2D eigenvalue weighted by molar-refractivity contribution is 0.140. The van der Waals surface area contributed by atoms with Crippen molar-refractivity contribution in [2.24, 2.45) is 11.1 Å². The number of benzene rings is 1. The van der Waals surface area contributed by atoms with Crippen LogP contribution in [0.15, 0.2) is 18.2 Å². The fraction of sp³-hybridized carbons (Fsp3) is 0.600. The van der Waals surface area contributed by atoms with Crippen molar-refractivity contribution in [3.63, 3.8) is 0 Å². The summed E-state index contributed by atoms with van der Waals surface area (Å²) in [6.45, 7) is 6.24. The molecule has 0 aromatic heterocycles. The summed E-state index contributed by atoms with van der Waals surface area (Å²) in [5.41, 5.74) is 7.14. The van der Waals surface area contributed by atoms with E-state index in [1.807, 2.05) is 6.07 Å². The second-order valence-electron chi connectivity index (χ2n) is 5.96. The maximum Gasteiger partial charge on any atom is 0.161 e. The second kappa shape index (κ2) is 5.39. The van der Waals surface area contributed by atoms with Gasteiger partial charge in [0.15, 0.2) is 11.5 Å². The largest absolute Gasteiger partial charge is 0.486 e. The van der Waals surface area contributed by atoms with Crippen molar-refractivity contribution < 1.29 is 9.47 Å². The standard InChI is InChI=1S/C15H24N2O2/c1-15(2,10-16)14(17(3)4)11-5-6-12-13(9-11)19-8-7-18-12/h5-6,9,14H,7-8,10,16H2,1-4H3. The van der Waals surface area contributed by atoms with Crippen LogP contribution >= 0.6 is 0 Å². The van der Waals surface area contributed by atoms with Crippen LogP contribution in [0.2, 0.25) is 0 Å². The summed E-state index contributed by atoms with van der Waals surface area (Å²) in [6, 6.07) is 6.42. The maximum absolute atomic E-state index is 5.94. The zero-order chi connectivity index (χ0) is 14.0. The van der Waals surface area contributed by atoms with Crippen molar-refractivity contribution in [2.45, 2.75) is 19.9 Å². The molecule has 1 aliphatic rings. The lowest BCUT2D eigenvalue weighted by atomic mass is 9.79. The summed E-state index contributed by atoms with van der Waals surface area (Å²) in [5.74, 6) is 1.67. The van der Waals surface area contributed by atoms with Gasteiger partial charge in [-0.15, -0.1) is 0 Å². The van der Waals surface area contributed by atoms with Crippen LogP contribution in [-0.4, -0.2) is 38.8 Å².